The molecule has 0 aromatic heterocycles. The minimum absolute atomic E-state index is 0.101. The number of hydrogen-bond donors (Lipinski definition) is 2. The van der Waals surface area contributed by atoms with E-state index in [9.17, 15) is 14.4 Å². The number of ether oxygens (including phenoxy) is 1. The van der Waals surface area contributed by atoms with E-state index in [0.29, 0.717) is 17.9 Å². The van der Waals surface area contributed by atoms with Gasteiger partial charge in [0.25, 0.3) is 5.91 Å². The molecule has 8 heteroatoms. The zero-order valence-electron chi connectivity index (χ0n) is 14.6. The molecule has 1 aromatic rings. The van der Waals surface area contributed by atoms with E-state index < -0.39 is 5.97 Å². The van der Waals surface area contributed by atoms with Crippen LogP contribution in [0, 0.1) is 0 Å². The number of fused-ring (bicyclic) bond motifs is 1. The molecule has 0 saturated heterocycles. The molecule has 136 valence electrons. The van der Waals surface area contributed by atoms with E-state index >= 15 is 0 Å². The summed E-state index contributed by atoms with van der Waals surface area (Å²) < 4.78 is 5.70. The van der Waals surface area contributed by atoms with E-state index in [1.54, 1.807) is 32.3 Å². The van der Waals surface area contributed by atoms with Crippen LogP contribution in [0.1, 0.15) is 23.2 Å². The number of anilines is 1. The summed E-state index contributed by atoms with van der Waals surface area (Å²) in [5.41, 5.74) is 1.30. The van der Waals surface area contributed by atoms with Gasteiger partial charge in [-0.25, -0.2) is 0 Å². The Morgan fingerprint density at radius 3 is 2.72 bits per heavy atom. The average Bonchev–Trinajstić information content (AvgIpc) is 2.56. The molecule has 0 saturated carbocycles. The van der Waals surface area contributed by atoms with Gasteiger partial charge >= 0.3 is 5.97 Å². The Bertz CT molecular complexity index is 674. The van der Waals surface area contributed by atoms with E-state index in [2.05, 4.69) is 5.32 Å². The minimum atomic E-state index is -0.953. The Morgan fingerprint density at radius 2 is 2.08 bits per heavy atom. The number of hydrogen-bond acceptors (Lipinski definition) is 5. The van der Waals surface area contributed by atoms with Gasteiger partial charge in [-0.15, -0.1) is 0 Å². The van der Waals surface area contributed by atoms with Crippen LogP contribution in [0.4, 0.5) is 5.69 Å². The first kappa shape index (κ1) is 18.6. The molecule has 0 fully saturated rings. The van der Waals surface area contributed by atoms with Crippen LogP contribution in [-0.2, 0) is 9.59 Å². The summed E-state index contributed by atoms with van der Waals surface area (Å²) in [4.78, 5) is 38.0. The van der Waals surface area contributed by atoms with Gasteiger partial charge < -0.3 is 25.0 Å². The first-order valence-corrected chi connectivity index (χ1v) is 7.99. The summed E-state index contributed by atoms with van der Waals surface area (Å²) in [6.07, 6.45) is 0.0724. The second-order valence-corrected chi connectivity index (χ2v) is 6.16. The Balaban J connectivity index is 2.05. The number of amides is 2. The molecule has 25 heavy (non-hydrogen) atoms. The number of carbonyl (C=O) groups excluding carboxylic acids is 2. The van der Waals surface area contributed by atoms with Crippen molar-refractivity contribution in [3.8, 4) is 5.75 Å². The van der Waals surface area contributed by atoms with Crippen molar-refractivity contribution in [2.24, 2.45) is 0 Å². The number of nitrogens with one attached hydrogen (secondary N) is 1. The van der Waals surface area contributed by atoms with Crippen LogP contribution in [0.5, 0.6) is 5.75 Å². The van der Waals surface area contributed by atoms with E-state index in [1.165, 1.54) is 4.90 Å². The van der Waals surface area contributed by atoms with Crippen LogP contribution >= 0.6 is 0 Å². The van der Waals surface area contributed by atoms with E-state index in [-0.39, 0.29) is 37.2 Å². The standard InChI is InChI=1S/C17H23N3O5/c1-19(2)17(24)11-4-5-14-13(8-11)20(3)12(10-25-14)9-15(21)18-7-6-16(22)23/h4-5,8,12H,6-7,9-10H2,1-3H3,(H,18,21)(H,22,23)/t12-/m0/s1. The molecule has 1 aromatic carbocycles. The highest BCUT2D eigenvalue weighted by Gasteiger charge is 2.27. The second-order valence-electron chi connectivity index (χ2n) is 6.16. The lowest BCUT2D eigenvalue weighted by Gasteiger charge is -2.35. The summed E-state index contributed by atoms with van der Waals surface area (Å²) in [5.74, 6) is -0.624. The first-order valence-electron chi connectivity index (χ1n) is 7.99. The monoisotopic (exact) mass is 349 g/mol. The molecule has 1 heterocycles. The van der Waals surface area contributed by atoms with Crippen LogP contribution in [0.25, 0.3) is 0 Å². The summed E-state index contributed by atoms with van der Waals surface area (Å²) >= 11 is 0. The van der Waals surface area contributed by atoms with Gasteiger partial charge in [0, 0.05) is 33.3 Å². The number of aliphatic carboxylic acids is 1. The number of benzene rings is 1. The lowest BCUT2D eigenvalue weighted by molar-refractivity contribution is -0.136. The van der Waals surface area contributed by atoms with Crippen LogP contribution < -0.4 is 15.0 Å². The summed E-state index contributed by atoms with van der Waals surface area (Å²) in [6, 6.07) is 5.04. The first-order chi connectivity index (χ1) is 11.8. The van der Waals surface area contributed by atoms with Crippen molar-refractivity contribution >= 4 is 23.5 Å². The maximum Gasteiger partial charge on any atom is 0.305 e. The van der Waals surface area contributed by atoms with Crippen molar-refractivity contribution in [2.45, 2.75) is 18.9 Å². The van der Waals surface area contributed by atoms with Gasteiger partial charge in [0.15, 0.2) is 0 Å². The molecule has 0 aliphatic carbocycles. The highest BCUT2D eigenvalue weighted by atomic mass is 16.5. The Morgan fingerprint density at radius 1 is 1.36 bits per heavy atom. The molecule has 0 bridgehead atoms. The molecular weight excluding hydrogens is 326 g/mol. The predicted octanol–water partition coefficient (Wildman–Crippen LogP) is 0.567. The fourth-order valence-electron chi connectivity index (χ4n) is 2.59. The van der Waals surface area contributed by atoms with Crippen molar-refractivity contribution in [2.75, 3.05) is 39.2 Å². The van der Waals surface area contributed by atoms with Gasteiger partial charge in [0.2, 0.25) is 5.91 Å². The van der Waals surface area contributed by atoms with Crippen molar-refractivity contribution in [1.82, 2.24) is 10.2 Å². The SMILES string of the molecule is CN(C)C(=O)c1ccc2c(c1)N(C)[C@@H](CC(=O)NCCC(=O)O)CO2. The lowest BCUT2D eigenvalue weighted by atomic mass is 10.1. The molecule has 1 atom stereocenters. The maximum absolute atomic E-state index is 12.1. The van der Waals surface area contributed by atoms with Gasteiger partial charge in [-0.1, -0.05) is 0 Å². The largest absolute Gasteiger partial charge is 0.489 e. The molecule has 0 radical (unpaired) electrons. The third-order valence-corrected chi connectivity index (χ3v) is 4.05. The quantitative estimate of drug-likeness (QED) is 0.779. The van der Waals surface area contributed by atoms with Gasteiger partial charge in [-0.05, 0) is 18.2 Å². The van der Waals surface area contributed by atoms with Crippen LogP contribution in [0.15, 0.2) is 18.2 Å². The Hall–Kier alpha value is -2.77. The van der Waals surface area contributed by atoms with Crippen molar-refractivity contribution in [1.29, 1.82) is 0 Å². The molecule has 2 amide bonds. The van der Waals surface area contributed by atoms with Gasteiger partial charge in [-0.3, -0.25) is 14.4 Å². The fourth-order valence-corrected chi connectivity index (χ4v) is 2.59. The number of carboxylic acid groups (broad SMARTS) is 1. The summed E-state index contributed by atoms with van der Waals surface area (Å²) in [5, 5.41) is 11.2. The topological polar surface area (TPSA) is 99.2 Å². The average molecular weight is 349 g/mol. The molecule has 1 aliphatic rings. The normalized spacial score (nSPS) is 15.8. The van der Waals surface area contributed by atoms with Crippen LogP contribution in [0.2, 0.25) is 0 Å². The van der Waals surface area contributed by atoms with Crippen LogP contribution in [0.3, 0.4) is 0 Å². The fraction of sp³-hybridized carbons (Fsp3) is 0.471. The molecule has 2 rings (SSSR count). The molecule has 0 unspecified atom stereocenters. The van der Waals surface area contributed by atoms with E-state index in [0.717, 1.165) is 5.69 Å². The van der Waals surface area contributed by atoms with Gasteiger partial charge in [-0.2, -0.15) is 0 Å². The number of likely N-dealkylation sites (N-methyl/N-ethyl adjacent to an activating group) is 1. The molecule has 0 spiro atoms. The number of rotatable bonds is 6. The number of carboxylic acids is 1. The molecular formula is C17H23N3O5. The van der Waals surface area contributed by atoms with E-state index in [4.69, 9.17) is 9.84 Å². The number of carbonyl (C=O) groups is 3. The second kappa shape index (κ2) is 7.87. The molecule has 2 N–H and O–H groups in total. The molecule has 8 nitrogen and oxygen atoms in total. The molecule has 1 aliphatic heterocycles. The van der Waals surface area contributed by atoms with Crippen molar-refractivity contribution < 1.29 is 24.2 Å². The minimum Gasteiger partial charge on any atom is -0.489 e. The lowest BCUT2D eigenvalue weighted by Crippen LogP contribution is -2.44. The van der Waals surface area contributed by atoms with Crippen molar-refractivity contribution in [3.63, 3.8) is 0 Å². The summed E-state index contributed by atoms with van der Waals surface area (Å²) in [7, 11) is 5.22. The van der Waals surface area contributed by atoms with E-state index in [1.807, 2.05) is 11.9 Å². The van der Waals surface area contributed by atoms with Gasteiger partial charge in [0.05, 0.1) is 24.6 Å². The zero-order valence-corrected chi connectivity index (χ0v) is 14.6. The van der Waals surface area contributed by atoms with Gasteiger partial charge in [0.1, 0.15) is 12.4 Å². The zero-order chi connectivity index (χ0) is 18.6. The summed E-state index contributed by atoms with van der Waals surface area (Å²) in [6.45, 7) is 0.445. The van der Waals surface area contributed by atoms with Crippen molar-refractivity contribution in [3.05, 3.63) is 23.8 Å². The maximum atomic E-state index is 12.1. The van der Waals surface area contributed by atoms with Crippen LogP contribution in [-0.4, -0.2) is 68.1 Å². The Kier molecular flexibility index (Phi) is 5.84. The highest BCUT2D eigenvalue weighted by molar-refractivity contribution is 5.95. The number of nitrogens with zero attached hydrogens (tertiary/aromatic N) is 2. The smallest absolute Gasteiger partial charge is 0.305 e. The third kappa shape index (κ3) is 4.62. The third-order valence-electron chi connectivity index (χ3n) is 4.05. The Labute approximate surface area is 146 Å². The highest BCUT2D eigenvalue weighted by Crippen LogP contribution is 2.34. The predicted molar refractivity (Wildman–Crippen MR) is 92.0 cm³/mol.